The molecule has 0 radical (unpaired) electrons. The average molecular weight is 463 g/mol. The molecule has 0 aliphatic carbocycles. The van der Waals surface area contributed by atoms with Crippen molar-refractivity contribution in [2.24, 2.45) is 22.9 Å². The molecule has 32 heavy (non-hydrogen) atoms. The molecule has 11 N–H and O–H groups in total. The number of amides is 2. The zero-order chi connectivity index (χ0) is 24.2. The van der Waals surface area contributed by atoms with Crippen LogP contribution in [0.4, 0.5) is 9.59 Å². The van der Waals surface area contributed by atoms with E-state index in [-0.39, 0.29) is 19.3 Å². The number of rotatable bonds is 19. The summed E-state index contributed by atoms with van der Waals surface area (Å²) in [4.78, 5) is 35.7. The maximum absolute atomic E-state index is 12.8. The Labute approximate surface area is 190 Å². The third-order valence-electron chi connectivity index (χ3n) is 4.77. The van der Waals surface area contributed by atoms with Crippen LogP contribution in [0.15, 0.2) is 0 Å². The molecule has 0 aromatic carbocycles. The summed E-state index contributed by atoms with van der Waals surface area (Å²) in [5.74, 6) is -0.446. The molecule has 0 saturated heterocycles. The number of carboxylic acid groups (broad SMARTS) is 1. The van der Waals surface area contributed by atoms with E-state index in [4.69, 9.17) is 32.8 Å². The lowest BCUT2D eigenvalue weighted by Crippen LogP contribution is -2.51. The Bertz CT molecular complexity index is 525. The highest BCUT2D eigenvalue weighted by Gasteiger charge is 2.24. The van der Waals surface area contributed by atoms with Crippen molar-refractivity contribution in [1.82, 2.24) is 10.6 Å². The van der Waals surface area contributed by atoms with Gasteiger partial charge < -0.3 is 48.1 Å². The van der Waals surface area contributed by atoms with Crippen LogP contribution < -0.4 is 33.6 Å². The first-order valence-corrected chi connectivity index (χ1v) is 11.3. The number of alkyl carbamates (subject to hydrolysis) is 1. The average Bonchev–Trinajstić information content (AvgIpc) is 2.75. The van der Waals surface area contributed by atoms with Gasteiger partial charge in [0.1, 0.15) is 19.3 Å². The summed E-state index contributed by atoms with van der Waals surface area (Å²) in [6.45, 7) is 1.37. The van der Waals surface area contributed by atoms with Crippen molar-refractivity contribution in [2.45, 2.75) is 75.9 Å². The lowest BCUT2D eigenvalue weighted by molar-refractivity contribution is -0.124. The zero-order valence-corrected chi connectivity index (χ0v) is 18.9. The zero-order valence-electron chi connectivity index (χ0n) is 18.9. The molecule has 2 amide bonds. The molecule has 0 rings (SSSR count). The van der Waals surface area contributed by atoms with Gasteiger partial charge >= 0.3 is 12.2 Å². The molecule has 12 nitrogen and oxygen atoms in total. The molecule has 12 heteroatoms. The van der Waals surface area contributed by atoms with E-state index in [1.165, 1.54) is 0 Å². The minimum atomic E-state index is -1.42. The van der Waals surface area contributed by atoms with Gasteiger partial charge in [-0.05, 0) is 64.6 Å². The first kappa shape index (κ1) is 29.9. The normalized spacial score (nSPS) is 13.6. The van der Waals surface area contributed by atoms with Crippen LogP contribution in [0.3, 0.4) is 0 Å². The Hall–Kier alpha value is -2.15. The van der Waals surface area contributed by atoms with E-state index in [1.54, 1.807) is 0 Å². The number of ether oxygens (including phenoxy) is 2. The molecule has 0 fully saturated rings. The summed E-state index contributed by atoms with van der Waals surface area (Å²) in [5.41, 5.74) is 22.4. The number of carbonyl (C=O) groups is 3. The lowest BCUT2D eigenvalue weighted by atomic mass is 10.1. The van der Waals surface area contributed by atoms with Crippen LogP contribution in [0.2, 0.25) is 0 Å². The van der Waals surface area contributed by atoms with Gasteiger partial charge in [-0.3, -0.25) is 4.79 Å². The van der Waals surface area contributed by atoms with Crippen LogP contribution in [-0.4, -0.2) is 74.2 Å². The number of hydrogen-bond donors (Lipinski definition) is 7. The smallest absolute Gasteiger partial charge is 0.450 e. The predicted octanol–water partition coefficient (Wildman–Crippen LogP) is -0.0251. The van der Waals surface area contributed by atoms with Gasteiger partial charge in [0.15, 0.2) is 0 Å². The van der Waals surface area contributed by atoms with Crippen LogP contribution in [0.1, 0.15) is 57.8 Å². The maximum atomic E-state index is 12.8. The molecule has 0 unspecified atom stereocenters. The first-order chi connectivity index (χ1) is 15.3. The summed E-state index contributed by atoms with van der Waals surface area (Å²) in [7, 11) is 0. The highest BCUT2D eigenvalue weighted by Crippen LogP contribution is 2.06. The van der Waals surface area contributed by atoms with Gasteiger partial charge in [-0.15, -0.1) is 0 Å². The molecule has 0 spiro atoms. The van der Waals surface area contributed by atoms with Gasteiger partial charge in [0.05, 0.1) is 6.04 Å². The number of hydrogen-bond acceptors (Lipinski definition) is 9. The number of unbranched alkanes of at least 4 members (excludes halogenated alkanes) is 3. The van der Waals surface area contributed by atoms with E-state index in [0.29, 0.717) is 58.2 Å². The van der Waals surface area contributed by atoms with Gasteiger partial charge in [0.25, 0.3) is 0 Å². The summed E-state index contributed by atoms with van der Waals surface area (Å²) in [6.07, 6.45) is 3.79. The van der Waals surface area contributed by atoms with Gasteiger partial charge in [-0.25, -0.2) is 9.59 Å². The molecule has 0 aromatic rings. The highest BCUT2D eigenvalue weighted by atomic mass is 16.7. The van der Waals surface area contributed by atoms with Gasteiger partial charge in [-0.2, -0.15) is 0 Å². The molecule has 0 heterocycles. The summed E-state index contributed by atoms with van der Waals surface area (Å²) < 4.78 is 9.78. The SMILES string of the molecule is NCCCC[C@H](N)COC(=O)N[C@@H](CCCCN)C(=O)N[C@H](CCCCN)COC(=O)O. The fraction of sp³-hybridized carbons (Fsp3) is 0.850. The molecule has 0 aliphatic rings. The predicted molar refractivity (Wildman–Crippen MR) is 121 cm³/mol. The molecular formula is C20H42N6O6. The molecule has 0 bridgehead atoms. The van der Waals surface area contributed by atoms with Gasteiger partial charge in [0.2, 0.25) is 5.91 Å². The second kappa shape index (κ2) is 19.5. The second-order valence-corrected chi connectivity index (χ2v) is 7.69. The minimum Gasteiger partial charge on any atom is -0.450 e. The third-order valence-corrected chi connectivity index (χ3v) is 4.77. The first-order valence-electron chi connectivity index (χ1n) is 11.3. The van der Waals surface area contributed by atoms with Gasteiger partial charge in [-0.1, -0.05) is 12.8 Å². The largest absolute Gasteiger partial charge is 0.505 e. The standard InChI is InChI=1S/C20H42N6O6/c21-10-4-1-7-15(24)13-31-19(28)26-17(9-3-6-12-23)18(27)25-16(8-2-5-11-22)14-32-20(29)30/h15-17H,1-14,21-24H2,(H,25,27)(H,26,28)(H,29,30)/t15-,16+,17-/m0/s1. The quantitative estimate of drug-likeness (QED) is 0.100. The van der Waals surface area contributed by atoms with Crippen LogP contribution in [0, 0.1) is 0 Å². The van der Waals surface area contributed by atoms with Crippen molar-refractivity contribution in [3.63, 3.8) is 0 Å². The minimum absolute atomic E-state index is 0.0295. The van der Waals surface area contributed by atoms with Gasteiger partial charge in [0, 0.05) is 6.04 Å². The number of nitrogens with two attached hydrogens (primary N) is 4. The van der Waals surface area contributed by atoms with Crippen LogP contribution in [0.25, 0.3) is 0 Å². The van der Waals surface area contributed by atoms with E-state index in [0.717, 1.165) is 19.3 Å². The molecule has 0 saturated carbocycles. The van der Waals surface area contributed by atoms with Crippen LogP contribution >= 0.6 is 0 Å². The van der Waals surface area contributed by atoms with E-state index in [1.807, 2.05) is 0 Å². The van der Waals surface area contributed by atoms with Crippen molar-refractivity contribution in [1.29, 1.82) is 0 Å². The highest BCUT2D eigenvalue weighted by molar-refractivity contribution is 5.85. The fourth-order valence-corrected chi connectivity index (χ4v) is 2.97. The van der Waals surface area contributed by atoms with Crippen molar-refractivity contribution < 1.29 is 29.0 Å². The van der Waals surface area contributed by atoms with Crippen LogP contribution in [-0.2, 0) is 14.3 Å². The van der Waals surface area contributed by atoms with E-state index in [9.17, 15) is 14.4 Å². The van der Waals surface area contributed by atoms with Crippen molar-refractivity contribution >= 4 is 18.2 Å². The monoisotopic (exact) mass is 462 g/mol. The summed E-state index contributed by atoms with van der Waals surface area (Å²) in [6, 6.07) is -1.70. The van der Waals surface area contributed by atoms with E-state index >= 15 is 0 Å². The van der Waals surface area contributed by atoms with Crippen LogP contribution in [0.5, 0.6) is 0 Å². The van der Waals surface area contributed by atoms with Crippen molar-refractivity contribution in [3.05, 3.63) is 0 Å². The molecular weight excluding hydrogens is 420 g/mol. The molecule has 188 valence electrons. The second-order valence-electron chi connectivity index (χ2n) is 7.69. The van der Waals surface area contributed by atoms with E-state index in [2.05, 4.69) is 15.4 Å². The third kappa shape index (κ3) is 16.5. The topological polar surface area (TPSA) is 218 Å². The Morgan fingerprint density at radius 2 is 1.31 bits per heavy atom. The van der Waals surface area contributed by atoms with Crippen molar-refractivity contribution in [3.8, 4) is 0 Å². The Kier molecular flexibility index (Phi) is 18.2. The molecule has 0 aliphatic heterocycles. The van der Waals surface area contributed by atoms with Crippen molar-refractivity contribution in [2.75, 3.05) is 32.8 Å². The molecule has 3 atom stereocenters. The Morgan fingerprint density at radius 1 is 0.750 bits per heavy atom. The number of nitrogens with one attached hydrogen (secondary N) is 2. The summed E-state index contributed by atoms with van der Waals surface area (Å²) >= 11 is 0. The molecule has 0 aromatic heterocycles. The summed E-state index contributed by atoms with van der Waals surface area (Å²) in [5, 5.41) is 14.1. The number of carbonyl (C=O) groups excluding carboxylic acids is 2. The Balaban J connectivity index is 4.82. The Morgan fingerprint density at radius 3 is 1.88 bits per heavy atom. The lowest BCUT2D eigenvalue weighted by Gasteiger charge is -2.23. The fourth-order valence-electron chi connectivity index (χ4n) is 2.97. The maximum Gasteiger partial charge on any atom is 0.505 e. The van der Waals surface area contributed by atoms with E-state index < -0.39 is 30.2 Å².